The van der Waals surface area contributed by atoms with Crippen molar-refractivity contribution in [1.29, 1.82) is 0 Å². The third-order valence-electron chi connectivity index (χ3n) is 5.37. The first-order chi connectivity index (χ1) is 14.4. The number of nitrogens with zero attached hydrogens (tertiary/aromatic N) is 3. The summed E-state index contributed by atoms with van der Waals surface area (Å²) in [6.07, 6.45) is 0.771. The molecule has 0 radical (unpaired) electrons. The Morgan fingerprint density at radius 1 is 1.13 bits per heavy atom. The number of carbonyl (C=O) groups is 1. The number of halogens is 1. The Balaban J connectivity index is 1.53. The summed E-state index contributed by atoms with van der Waals surface area (Å²) in [6, 6.07) is 12.2. The lowest BCUT2D eigenvalue weighted by atomic mass is 10.2. The van der Waals surface area contributed by atoms with Crippen molar-refractivity contribution in [3.8, 4) is 0 Å². The molecular weight excluding hydrogens is 424 g/mol. The first-order valence-electron chi connectivity index (χ1n) is 9.90. The topological polar surface area (TPSA) is 86.4 Å². The molecule has 0 saturated carbocycles. The minimum atomic E-state index is -3.42. The van der Waals surface area contributed by atoms with Gasteiger partial charge < -0.3 is 14.8 Å². The van der Waals surface area contributed by atoms with Gasteiger partial charge in [-0.1, -0.05) is 30.7 Å². The Morgan fingerprint density at radius 3 is 2.70 bits per heavy atom. The Hall–Kier alpha value is -2.58. The first kappa shape index (κ1) is 20.7. The number of carbonyl (C=O) groups excluding carboxylic acids is 1. The number of aromatic amines is 1. The van der Waals surface area contributed by atoms with E-state index in [1.807, 2.05) is 24.3 Å². The van der Waals surface area contributed by atoms with E-state index >= 15 is 0 Å². The van der Waals surface area contributed by atoms with Crippen LogP contribution in [0.1, 0.15) is 23.7 Å². The quantitative estimate of drug-likeness (QED) is 0.664. The van der Waals surface area contributed by atoms with E-state index < -0.39 is 9.84 Å². The summed E-state index contributed by atoms with van der Waals surface area (Å²) in [7, 11) is -3.42. The third kappa shape index (κ3) is 4.02. The summed E-state index contributed by atoms with van der Waals surface area (Å²) < 4.78 is 24.4. The molecule has 1 aromatic heterocycles. The molecule has 4 rings (SSSR count). The van der Waals surface area contributed by atoms with Gasteiger partial charge in [-0.05, 0) is 36.8 Å². The first-order valence-corrected chi connectivity index (χ1v) is 11.9. The third-order valence-corrected chi connectivity index (χ3v) is 7.43. The molecule has 0 aliphatic carbocycles. The molecule has 2 aromatic carbocycles. The largest absolute Gasteiger partial charge is 0.341 e. The van der Waals surface area contributed by atoms with Crippen molar-refractivity contribution in [2.45, 2.75) is 18.2 Å². The SMILES string of the molecule is CCS(=O)(=O)c1ccc(Cl)c(C(=O)N2CCCN(c3nc4ccccc4[nH]3)CC2)c1. The van der Waals surface area contributed by atoms with E-state index in [4.69, 9.17) is 11.6 Å². The molecule has 30 heavy (non-hydrogen) atoms. The zero-order valence-corrected chi connectivity index (χ0v) is 18.2. The van der Waals surface area contributed by atoms with Crippen LogP contribution in [0.15, 0.2) is 47.4 Å². The summed E-state index contributed by atoms with van der Waals surface area (Å²) in [5.74, 6) is 0.512. The van der Waals surface area contributed by atoms with Crippen LogP contribution in [0.5, 0.6) is 0 Å². The van der Waals surface area contributed by atoms with Gasteiger partial charge in [-0.3, -0.25) is 4.79 Å². The van der Waals surface area contributed by atoms with E-state index in [1.165, 1.54) is 18.2 Å². The van der Waals surface area contributed by atoms with Gasteiger partial charge in [0.1, 0.15) is 0 Å². The number of amides is 1. The van der Waals surface area contributed by atoms with Crippen molar-refractivity contribution in [1.82, 2.24) is 14.9 Å². The van der Waals surface area contributed by atoms with Gasteiger partial charge in [0.15, 0.2) is 9.84 Å². The van der Waals surface area contributed by atoms with Gasteiger partial charge in [0.25, 0.3) is 5.91 Å². The minimum absolute atomic E-state index is 0.0293. The Morgan fingerprint density at radius 2 is 1.93 bits per heavy atom. The molecule has 3 aromatic rings. The number of hydrogen-bond acceptors (Lipinski definition) is 5. The van der Waals surface area contributed by atoms with Crippen molar-refractivity contribution in [2.75, 3.05) is 36.8 Å². The molecule has 0 spiro atoms. The maximum atomic E-state index is 13.1. The van der Waals surface area contributed by atoms with Crippen LogP contribution in [-0.4, -0.2) is 61.1 Å². The summed E-state index contributed by atoms with van der Waals surface area (Å²) in [6.45, 7) is 4.03. The fraction of sp³-hybridized carbons (Fsp3) is 0.333. The second kappa shape index (κ2) is 8.28. The van der Waals surface area contributed by atoms with E-state index in [2.05, 4.69) is 14.9 Å². The fourth-order valence-electron chi connectivity index (χ4n) is 3.62. The number of nitrogens with one attached hydrogen (secondary N) is 1. The molecule has 2 heterocycles. The van der Waals surface area contributed by atoms with E-state index in [1.54, 1.807) is 11.8 Å². The van der Waals surface area contributed by atoms with E-state index in [-0.39, 0.29) is 27.1 Å². The van der Waals surface area contributed by atoms with E-state index in [0.29, 0.717) is 19.6 Å². The van der Waals surface area contributed by atoms with Crippen molar-refractivity contribution in [2.24, 2.45) is 0 Å². The predicted molar refractivity (Wildman–Crippen MR) is 118 cm³/mol. The number of H-pyrrole nitrogens is 1. The maximum absolute atomic E-state index is 13.1. The van der Waals surface area contributed by atoms with Crippen molar-refractivity contribution in [3.63, 3.8) is 0 Å². The summed E-state index contributed by atoms with van der Waals surface area (Å²) >= 11 is 6.25. The highest BCUT2D eigenvalue weighted by Gasteiger charge is 2.25. The highest BCUT2D eigenvalue weighted by Crippen LogP contribution is 2.24. The molecule has 7 nitrogen and oxygen atoms in total. The molecule has 1 fully saturated rings. The Bertz CT molecular complexity index is 1160. The maximum Gasteiger partial charge on any atom is 0.255 e. The molecule has 1 N–H and O–H groups in total. The molecule has 0 unspecified atom stereocenters. The van der Waals surface area contributed by atoms with Crippen LogP contribution < -0.4 is 4.90 Å². The van der Waals surface area contributed by atoms with Gasteiger partial charge >= 0.3 is 0 Å². The molecule has 1 aliphatic heterocycles. The van der Waals surface area contributed by atoms with Crippen LogP contribution in [-0.2, 0) is 9.84 Å². The number of aromatic nitrogens is 2. The smallest absolute Gasteiger partial charge is 0.255 e. The number of fused-ring (bicyclic) bond motifs is 1. The van der Waals surface area contributed by atoms with Gasteiger partial charge in [0.05, 0.1) is 32.3 Å². The number of benzene rings is 2. The molecule has 9 heteroatoms. The lowest BCUT2D eigenvalue weighted by molar-refractivity contribution is 0.0767. The minimum Gasteiger partial charge on any atom is -0.341 e. The monoisotopic (exact) mass is 446 g/mol. The standard InChI is InChI=1S/C21H23ClN4O3S/c1-2-30(28,29)15-8-9-17(22)16(14-15)20(27)25-10-5-11-26(13-12-25)21-23-18-6-3-4-7-19(18)24-21/h3-4,6-9,14H,2,5,10-13H2,1H3,(H,23,24). The van der Waals surface area contributed by atoms with Gasteiger partial charge in [-0.15, -0.1) is 0 Å². The lowest BCUT2D eigenvalue weighted by Gasteiger charge is -2.22. The Kier molecular flexibility index (Phi) is 5.71. The van der Waals surface area contributed by atoms with Crippen LogP contribution >= 0.6 is 11.6 Å². The van der Waals surface area contributed by atoms with Crippen LogP contribution in [0.3, 0.4) is 0 Å². The lowest BCUT2D eigenvalue weighted by Crippen LogP contribution is -2.35. The number of sulfone groups is 1. The van der Waals surface area contributed by atoms with Crippen molar-refractivity contribution in [3.05, 3.63) is 53.1 Å². The fourth-order valence-corrected chi connectivity index (χ4v) is 4.72. The van der Waals surface area contributed by atoms with Crippen LogP contribution in [0.2, 0.25) is 5.02 Å². The molecule has 1 amide bonds. The summed E-state index contributed by atoms with van der Waals surface area (Å²) in [5, 5.41) is 0.258. The second-order valence-corrected chi connectivity index (χ2v) is 9.94. The molecular formula is C21H23ClN4O3S. The van der Waals surface area contributed by atoms with Crippen molar-refractivity contribution >= 4 is 44.3 Å². The Labute approximate surface area is 180 Å². The van der Waals surface area contributed by atoms with Gasteiger partial charge in [0, 0.05) is 26.2 Å². The van der Waals surface area contributed by atoms with Gasteiger partial charge in [0.2, 0.25) is 5.95 Å². The number of rotatable bonds is 4. The number of para-hydroxylation sites is 2. The number of imidazole rings is 1. The molecule has 158 valence electrons. The second-order valence-electron chi connectivity index (χ2n) is 7.26. The highest BCUT2D eigenvalue weighted by atomic mass is 35.5. The molecule has 1 saturated heterocycles. The average Bonchev–Trinajstić information content (AvgIpc) is 3.03. The number of anilines is 1. The number of hydrogen-bond donors (Lipinski definition) is 1. The van der Waals surface area contributed by atoms with Gasteiger partial charge in [-0.25, -0.2) is 13.4 Å². The average molecular weight is 447 g/mol. The molecule has 0 bridgehead atoms. The van der Waals surface area contributed by atoms with Gasteiger partial charge in [-0.2, -0.15) is 0 Å². The summed E-state index contributed by atoms with van der Waals surface area (Å²) in [5.41, 5.74) is 2.11. The van der Waals surface area contributed by atoms with Crippen molar-refractivity contribution < 1.29 is 13.2 Å². The highest BCUT2D eigenvalue weighted by molar-refractivity contribution is 7.91. The zero-order chi connectivity index (χ0) is 21.3. The molecule has 0 atom stereocenters. The summed E-state index contributed by atoms with van der Waals surface area (Å²) in [4.78, 5) is 25.1. The predicted octanol–water partition coefficient (Wildman–Crippen LogP) is 3.36. The molecule has 1 aliphatic rings. The normalized spacial score (nSPS) is 15.4. The van der Waals surface area contributed by atoms with Crippen LogP contribution in [0.25, 0.3) is 11.0 Å². The zero-order valence-electron chi connectivity index (χ0n) is 16.6. The van der Waals surface area contributed by atoms with E-state index in [9.17, 15) is 13.2 Å². The van der Waals surface area contributed by atoms with Crippen LogP contribution in [0.4, 0.5) is 5.95 Å². The van der Waals surface area contributed by atoms with Crippen LogP contribution in [0, 0.1) is 0 Å². The van der Waals surface area contributed by atoms with E-state index in [0.717, 1.165) is 29.9 Å².